The van der Waals surface area contributed by atoms with Gasteiger partial charge in [0.2, 0.25) is 0 Å². The number of ether oxygens (including phenoxy) is 2. The summed E-state index contributed by atoms with van der Waals surface area (Å²) < 4.78 is 9.16. The fourth-order valence-corrected chi connectivity index (χ4v) is 1.35. The number of methoxy groups -OCH3 is 1. The third kappa shape index (κ3) is 3.21. The lowest BCUT2D eigenvalue weighted by Gasteiger charge is -2.09. The smallest absolute Gasteiger partial charge is 0.344 e. The molecule has 0 spiro atoms. The molecule has 0 aliphatic carbocycles. The van der Waals surface area contributed by atoms with Crippen LogP contribution in [0.5, 0.6) is 0 Å². The quantitative estimate of drug-likeness (QED) is 0.631. The second-order valence-corrected chi connectivity index (χ2v) is 3.68. The molecule has 5 nitrogen and oxygen atoms in total. The van der Waals surface area contributed by atoms with Crippen molar-refractivity contribution in [1.82, 2.24) is 0 Å². The molecule has 0 bridgehead atoms. The highest BCUT2D eigenvalue weighted by Gasteiger charge is 2.14. The SMILES string of the molecule is COC(=O)COC(=O)c1cc(N)c(C)cc1C. The Balaban J connectivity index is 2.82. The van der Waals surface area contributed by atoms with Crippen LogP contribution in [0.2, 0.25) is 0 Å². The Morgan fingerprint density at radius 3 is 2.47 bits per heavy atom. The van der Waals surface area contributed by atoms with E-state index in [1.165, 1.54) is 7.11 Å². The van der Waals surface area contributed by atoms with Crippen LogP contribution in [0.25, 0.3) is 0 Å². The van der Waals surface area contributed by atoms with Crippen LogP contribution in [0, 0.1) is 13.8 Å². The summed E-state index contributed by atoms with van der Waals surface area (Å²) in [6.45, 7) is 3.23. The number of carbonyl (C=O) groups excluding carboxylic acids is 2. The van der Waals surface area contributed by atoms with Gasteiger partial charge in [-0.05, 0) is 31.0 Å². The van der Waals surface area contributed by atoms with Gasteiger partial charge in [-0.25, -0.2) is 9.59 Å². The van der Waals surface area contributed by atoms with E-state index >= 15 is 0 Å². The number of anilines is 1. The van der Waals surface area contributed by atoms with E-state index < -0.39 is 18.5 Å². The molecular weight excluding hydrogens is 222 g/mol. The number of aryl methyl sites for hydroxylation is 2. The molecule has 0 aliphatic rings. The Bertz CT molecular complexity index is 454. The molecule has 0 radical (unpaired) electrons. The van der Waals surface area contributed by atoms with Crippen molar-refractivity contribution in [2.24, 2.45) is 0 Å². The minimum atomic E-state index is -0.601. The molecule has 0 amide bonds. The van der Waals surface area contributed by atoms with Crippen LogP contribution >= 0.6 is 0 Å². The predicted molar refractivity (Wildman–Crippen MR) is 62.6 cm³/mol. The maximum absolute atomic E-state index is 11.7. The summed E-state index contributed by atoms with van der Waals surface area (Å²) in [4.78, 5) is 22.5. The molecule has 5 heteroatoms. The summed E-state index contributed by atoms with van der Waals surface area (Å²) in [5, 5.41) is 0. The summed E-state index contributed by atoms with van der Waals surface area (Å²) in [6.07, 6.45) is 0. The van der Waals surface area contributed by atoms with Crippen molar-refractivity contribution in [3.05, 3.63) is 28.8 Å². The van der Waals surface area contributed by atoms with Gasteiger partial charge in [-0.1, -0.05) is 6.07 Å². The first-order valence-corrected chi connectivity index (χ1v) is 5.06. The Morgan fingerprint density at radius 2 is 1.88 bits per heavy atom. The Morgan fingerprint density at radius 1 is 1.24 bits per heavy atom. The number of carbonyl (C=O) groups is 2. The molecule has 0 unspecified atom stereocenters. The van der Waals surface area contributed by atoms with Crippen molar-refractivity contribution in [1.29, 1.82) is 0 Å². The Hall–Kier alpha value is -2.04. The van der Waals surface area contributed by atoms with E-state index in [2.05, 4.69) is 4.74 Å². The highest BCUT2D eigenvalue weighted by molar-refractivity contribution is 5.93. The van der Waals surface area contributed by atoms with Gasteiger partial charge in [0.05, 0.1) is 12.7 Å². The lowest BCUT2D eigenvalue weighted by molar-refractivity contribution is -0.144. The highest BCUT2D eigenvalue weighted by Crippen LogP contribution is 2.18. The molecule has 0 saturated carbocycles. The second-order valence-electron chi connectivity index (χ2n) is 3.68. The summed E-state index contributed by atoms with van der Waals surface area (Å²) in [5.41, 5.74) is 8.23. The fourth-order valence-electron chi connectivity index (χ4n) is 1.35. The second kappa shape index (κ2) is 5.34. The monoisotopic (exact) mass is 237 g/mol. The van der Waals surface area contributed by atoms with Gasteiger partial charge in [0.1, 0.15) is 0 Å². The first-order chi connectivity index (χ1) is 7.95. The minimum Gasteiger partial charge on any atom is -0.466 e. The standard InChI is InChI=1S/C12H15NO4/c1-7-4-8(2)10(13)5-9(7)12(15)17-6-11(14)16-3/h4-5H,6,13H2,1-3H3. The molecule has 0 aromatic heterocycles. The van der Waals surface area contributed by atoms with E-state index in [1.54, 1.807) is 19.1 Å². The maximum atomic E-state index is 11.7. The zero-order chi connectivity index (χ0) is 13.0. The van der Waals surface area contributed by atoms with Gasteiger partial charge in [-0.15, -0.1) is 0 Å². The van der Waals surface area contributed by atoms with E-state index in [1.807, 2.05) is 6.92 Å². The molecule has 1 rings (SSSR count). The average Bonchev–Trinajstić information content (AvgIpc) is 2.30. The lowest BCUT2D eigenvalue weighted by atomic mass is 10.0. The number of rotatable bonds is 3. The molecule has 1 aromatic rings. The van der Waals surface area contributed by atoms with Gasteiger partial charge in [-0.2, -0.15) is 0 Å². The molecule has 1 aromatic carbocycles. The van der Waals surface area contributed by atoms with E-state index in [0.29, 0.717) is 11.3 Å². The van der Waals surface area contributed by atoms with Gasteiger partial charge in [0.15, 0.2) is 6.61 Å². The molecule has 0 atom stereocenters. The topological polar surface area (TPSA) is 78.6 Å². The van der Waals surface area contributed by atoms with Crippen molar-refractivity contribution >= 4 is 17.6 Å². The number of esters is 2. The summed E-state index contributed by atoms with van der Waals surface area (Å²) in [5.74, 6) is -1.18. The zero-order valence-electron chi connectivity index (χ0n) is 10.1. The van der Waals surface area contributed by atoms with Crippen molar-refractivity contribution in [2.45, 2.75) is 13.8 Å². The summed E-state index contributed by atoms with van der Waals surface area (Å²) in [6, 6.07) is 3.34. The minimum absolute atomic E-state index is 0.358. The third-order valence-corrected chi connectivity index (χ3v) is 2.38. The van der Waals surface area contributed by atoms with Crippen LogP contribution < -0.4 is 5.73 Å². The largest absolute Gasteiger partial charge is 0.466 e. The third-order valence-electron chi connectivity index (χ3n) is 2.38. The first kappa shape index (κ1) is 13.0. The Labute approximate surface area is 99.5 Å². The van der Waals surface area contributed by atoms with Crippen molar-refractivity contribution < 1.29 is 19.1 Å². The van der Waals surface area contributed by atoms with Crippen LogP contribution in [0.15, 0.2) is 12.1 Å². The van der Waals surface area contributed by atoms with Crippen LogP contribution in [0.4, 0.5) is 5.69 Å². The Kier molecular flexibility index (Phi) is 4.09. The van der Waals surface area contributed by atoms with Crippen molar-refractivity contribution in [3.8, 4) is 0 Å². The molecule has 92 valence electrons. The number of nitrogen functional groups attached to an aromatic ring is 1. The van der Waals surface area contributed by atoms with Gasteiger partial charge in [0, 0.05) is 5.69 Å². The maximum Gasteiger partial charge on any atom is 0.344 e. The fraction of sp³-hybridized carbons (Fsp3) is 0.333. The summed E-state index contributed by atoms with van der Waals surface area (Å²) in [7, 11) is 1.23. The first-order valence-electron chi connectivity index (χ1n) is 5.06. The zero-order valence-corrected chi connectivity index (χ0v) is 10.1. The van der Waals surface area contributed by atoms with E-state index in [0.717, 1.165) is 11.1 Å². The van der Waals surface area contributed by atoms with Crippen LogP contribution in [0.3, 0.4) is 0 Å². The number of hydrogen-bond acceptors (Lipinski definition) is 5. The molecule has 0 aliphatic heterocycles. The van der Waals surface area contributed by atoms with Gasteiger partial charge < -0.3 is 15.2 Å². The lowest BCUT2D eigenvalue weighted by Crippen LogP contribution is -2.16. The van der Waals surface area contributed by atoms with Gasteiger partial charge in [0.25, 0.3) is 0 Å². The van der Waals surface area contributed by atoms with Crippen molar-refractivity contribution in [2.75, 3.05) is 19.5 Å². The van der Waals surface area contributed by atoms with Gasteiger partial charge in [-0.3, -0.25) is 0 Å². The van der Waals surface area contributed by atoms with Gasteiger partial charge >= 0.3 is 11.9 Å². The molecule has 0 fully saturated rings. The number of hydrogen-bond donors (Lipinski definition) is 1. The molecule has 2 N–H and O–H groups in total. The highest BCUT2D eigenvalue weighted by atomic mass is 16.6. The molecule has 17 heavy (non-hydrogen) atoms. The number of benzene rings is 1. The molecule has 0 heterocycles. The molecular formula is C12H15NO4. The summed E-state index contributed by atoms with van der Waals surface area (Å²) >= 11 is 0. The normalized spacial score (nSPS) is 9.82. The van der Waals surface area contributed by atoms with Crippen LogP contribution in [0.1, 0.15) is 21.5 Å². The average molecular weight is 237 g/mol. The number of nitrogens with two attached hydrogens (primary N) is 1. The van der Waals surface area contributed by atoms with Crippen LogP contribution in [-0.2, 0) is 14.3 Å². The van der Waals surface area contributed by atoms with E-state index in [9.17, 15) is 9.59 Å². The van der Waals surface area contributed by atoms with E-state index in [4.69, 9.17) is 10.5 Å². The molecule has 0 saturated heterocycles. The van der Waals surface area contributed by atoms with Crippen molar-refractivity contribution in [3.63, 3.8) is 0 Å². The van der Waals surface area contributed by atoms with Crippen LogP contribution in [-0.4, -0.2) is 25.7 Å². The van der Waals surface area contributed by atoms with E-state index in [-0.39, 0.29) is 0 Å². The predicted octanol–water partition coefficient (Wildman–Crippen LogP) is 1.22.